The highest BCUT2D eigenvalue weighted by Crippen LogP contribution is 2.25. The van der Waals surface area contributed by atoms with Crippen LogP contribution in [-0.2, 0) is 9.53 Å². The fourth-order valence-corrected chi connectivity index (χ4v) is 2.02. The molecule has 1 N–H and O–H groups in total. The predicted octanol–water partition coefficient (Wildman–Crippen LogP) is 1.45. The molecule has 0 aliphatic carbocycles. The lowest BCUT2D eigenvalue weighted by Gasteiger charge is -2.39. The van der Waals surface area contributed by atoms with Gasteiger partial charge in [0.1, 0.15) is 23.6 Å². The number of hydrogen-bond acceptors (Lipinski definition) is 6. The van der Waals surface area contributed by atoms with E-state index in [1.165, 1.54) is 13.2 Å². The van der Waals surface area contributed by atoms with E-state index in [1.54, 1.807) is 37.4 Å². The van der Waals surface area contributed by atoms with Crippen molar-refractivity contribution in [1.82, 2.24) is 5.43 Å². The van der Waals surface area contributed by atoms with Crippen LogP contribution in [0.15, 0.2) is 42.1 Å². The SMILES string of the molecule is COC(=O)C1=C[N+]([O-])(CC#N)NC(c2ccc(OC)cc2)=C1. The number of nitrogens with zero attached hydrogens (tertiary/aromatic N) is 2. The Hall–Kier alpha value is -2.82. The monoisotopic (exact) mass is 301 g/mol. The van der Waals surface area contributed by atoms with E-state index in [2.05, 4.69) is 10.2 Å². The first-order valence-electron chi connectivity index (χ1n) is 6.42. The number of rotatable bonds is 4. The molecule has 0 amide bonds. The van der Waals surface area contributed by atoms with Gasteiger partial charge in [0, 0.05) is 5.56 Å². The molecule has 22 heavy (non-hydrogen) atoms. The zero-order valence-electron chi connectivity index (χ0n) is 12.2. The highest BCUT2D eigenvalue weighted by molar-refractivity contribution is 5.94. The fourth-order valence-electron chi connectivity index (χ4n) is 2.02. The second kappa shape index (κ2) is 6.30. The van der Waals surface area contributed by atoms with Crippen molar-refractivity contribution in [1.29, 1.82) is 5.26 Å². The summed E-state index contributed by atoms with van der Waals surface area (Å²) >= 11 is 0. The van der Waals surface area contributed by atoms with Gasteiger partial charge in [-0.25, -0.2) is 15.0 Å². The maximum absolute atomic E-state index is 12.5. The second-order valence-corrected chi connectivity index (χ2v) is 4.59. The smallest absolute Gasteiger partial charge is 0.343 e. The highest BCUT2D eigenvalue weighted by atomic mass is 16.6. The summed E-state index contributed by atoms with van der Waals surface area (Å²) in [5, 5.41) is 21.3. The summed E-state index contributed by atoms with van der Waals surface area (Å²) in [5.74, 6) is 0.0348. The van der Waals surface area contributed by atoms with Gasteiger partial charge in [0.2, 0.25) is 0 Å². The van der Waals surface area contributed by atoms with E-state index in [0.29, 0.717) is 17.0 Å². The lowest BCUT2D eigenvalue weighted by atomic mass is 10.1. The Labute approximate surface area is 127 Å². The van der Waals surface area contributed by atoms with Gasteiger partial charge < -0.3 is 14.7 Å². The van der Waals surface area contributed by atoms with Crippen LogP contribution in [-0.4, -0.2) is 31.5 Å². The Bertz CT molecular complexity index is 673. The zero-order chi connectivity index (χ0) is 16.2. The molecule has 1 aliphatic heterocycles. The molecule has 2 rings (SSSR count). The van der Waals surface area contributed by atoms with Gasteiger partial charge >= 0.3 is 5.97 Å². The van der Waals surface area contributed by atoms with Crippen LogP contribution in [0.4, 0.5) is 0 Å². The van der Waals surface area contributed by atoms with Crippen LogP contribution in [0.3, 0.4) is 0 Å². The number of nitriles is 1. The standard InChI is InChI=1S/C15H15N3O4/c1-21-13-5-3-11(4-6-13)14-9-12(15(19)22-2)10-18(20,17-14)8-7-16/h3-6,9-10,17H,8H2,1-2H3. The molecule has 0 spiro atoms. The molecule has 1 aromatic carbocycles. The minimum Gasteiger partial charge on any atom is -0.601 e. The van der Waals surface area contributed by atoms with Crippen LogP contribution in [0.5, 0.6) is 5.75 Å². The molecule has 1 unspecified atom stereocenters. The van der Waals surface area contributed by atoms with Gasteiger partial charge in [-0.2, -0.15) is 5.26 Å². The van der Waals surface area contributed by atoms with Crippen molar-refractivity contribution in [3.8, 4) is 11.8 Å². The van der Waals surface area contributed by atoms with Crippen LogP contribution < -0.4 is 10.2 Å². The van der Waals surface area contributed by atoms with E-state index < -0.39 is 10.7 Å². The minimum atomic E-state index is -1.15. The van der Waals surface area contributed by atoms with Crippen molar-refractivity contribution in [2.24, 2.45) is 0 Å². The largest absolute Gasteiger partial charge is 0.601 e. The van der Waals surface area contributed by atoms with Gasteiger partial charge in [0.05, 0.1) is 19.9 Å². The first kappa shape index (κ1) is 15.6. The highest BCUT2D eigenvalue weighted by Gasteiger charge is 2.26. The van der Waals surface area contributed by atoms with Crippen molar-refractivity contribution >= 4 is 11.7 Å². The van der Waals surface area contributed by atoms with Crippen LogP contribution >= 0.6 is 0 Å². The van der Waals surface area contributed by atoms with Gasteiger partial charge in [-0.15, -0.1) is 0 Å². The van der Waals surface area contributed by atoms with Crippen molar-refractivity contribution < 1.29 is 19.0 Å². The molecule has 0 saturated carbocycles. The average Bonchev–Trinajstić information content (AvgIpc) is 2.53. The zero-order valence-corrected chi connectivity index (χ0v) is 12.2. The molecular formula is C15H15N3O4. The maximum atomic E-state index is 12.5. The normalized spacial score (nSPS) is 20.1. The quantitative estimate of drug-likeness (QED) is 0.391. The molecule has 7 nitrogen and oxygen atoms in total. The Morgan fingerprint density at radius 2 is 2.05 bits per heavy atom. The fraction of sp³-hybridized carbons (Fsp3) is 0.200. The number of hydrogen-bond donors (Lipinski definition) is 1. The molecule has 114 valence electrons. The molecule has 1 heterocycles. The summed E-state index contributed by atoms with van der Waals surface area (Å²) in [5.41, 5.74) is 3.90. The second-order valence-electron chi connectivity index (χ2n) is 4.59. The number of nitrogens with one attached hydrogen (secondary N) is 1. The molecular weight excluding hydrogens is 286 g/mol. The Balaban J connectivity index is 2.41. The van der Waals surface area contributed by atoms with E-state index in [9.17, 15) is 10.0 Å². The molecule has 0 aromatic heterocycles. The number of quaternary nitrogens is 1. The van der Waals surface area contributed by atoms with Crippen molar-refractivity contribution in [2.75, 3.05) is 20.8 Å². The Morgan fingerprint density at radius 1 is 1.36 bits per heavy atom. The lowest BCUT2D eigenvalue weighted by Crippen LogP contribution is -2.50. The first-order valence-corrected chi connectivity index (χ1v) is 6.42. The van der Waals surface area contributed by atoms with E-state index in [4.69, 9.17) is 10.00 Å². The van der Waals surface area contributed by atoms with Crippen LogP contribution in [0.1, 0.15) is 5.56 Å². The van der Waals surface area contributed by atoms with E-state index in [-0.39, 0.29) is 12.1 Å². The molecule has 1 aliphatic rings. The third kappa shape index (κ3) is 3.25. The van der Waals surface area contributed by atoms with Crippen LogP contribution in [0.25, 0.3) is 5.70 Å². The molecule has 0 saturated heterocycles. The summed E-state index contributed by atoms with van der Waals surface area (Å²) in [6.07, 6.45) is 2.63. The first-order chi connectivity index (χ1) is 10.5. The number of hydroxylamine groups is 2. The van der Waals surface area contributed by atoms with Gasteiger partial charge in [-0.1, -0.05) is 0 Å². The third-order valence-electron chi connectivity index (χ3n) is 3.08. The number of methoxy groups -OCH3 is 2. The molecule has 0 bridgehead atoms. The maximum Gasteiger partial charge on any atom is 0.343 e. The summed E-state index contributed by atoms with van der Waals surface area (Å²) in [6.45, 7) is -0.381. The summed E-state index contributed by atoms with van der Waals surface area (Å²) < 4.78 is 8.58. The summed E-state index contributed by atoms with van der Waals surface area (Å²) in [4.78, 5) is 11.7. The number of ether oxygens (including phenoxy) is 2. The van der Waals surface area contributed by atoms with E-state index in [1.807, 2.05) is 0 Å². The molecule has 7 heteroatoms. The Kier molecular flexibility index (Phi) is 4.46. The average molecular weight is 301 g/mol. The lowest BCUT2D eigenvalue weighted by molar-refractivity contribution is -0.860. The van der Waals surface area contributed by atoms with Crippen LogP contribution in [0.2, 0.25) is 0 Å². The summed E-state index contributed by atoms with van der Waals surface area (Å²) in [7, 11) is 2.79. The van der Waals surface area contributed by atoms with Gasteiger partial charge in [-0.3, -0.25) is 0 Å². The van der Waals surface area contributed by atoms with Crippen LogP contribution in [0, 0.1) is 16.5 Å². The van der Waals surface area contributed by atoms with E-state index >= 15 is 0 Å². The predicted molar refractivity (Wildman–Crippen MR) is 78.3 cm³/mol. The van der Waals surface area contributed by atoms with E-state index in [0.717, 1.165) is 6.20 Å². The molecule has 0 radical (unpaired) electrons. The van der Waals surface area contributed by atoms with Gasteiger partial charge in [0.15, 0.2) is 6.54 Å². The third-order valence-corrected chi connectivity index (χ3v) is 3.08. The van der Waals surface area contributed by atoms with Crippen molar-refractivity contribution in [3.63, 3.8) is 0 Å². The number of benzene rings is 1. The molecule has 1 atom stereocenters. The number of esters is 1. The molecule has 0 fully saturated rings. The van der Waals surface area contributed by atoms with Crippen molar-refractivity contribution in [2.45, 2.75) is 0 Å². The number of carbonyl (C=O) groups excluding carboxylic acids is 1. The topological polar surface area (TPSA) is 94.4 Å². The summed E-state index contributed by atoms with van der Waals surface area (Å²) in [6, 6.07) is 8.76. The van der Waals surface area contributed by atoms with Gasteiger partial charge in [0.25, 0.3) is 0 Å². The van der Waals surface area contributed by atoms with Gasteiger partial charge in [-0.05, 0) is 30.3 Å². The minimum absolute atomic E-state index is 0.0947. The number of carbonyl (C=O) groups is 1. The van der Waals surface area contributed by atoms with Crippen molar-refractivity contribution in [3.05, 3.63) is 52.9 Å². The Morgan fingerprint density at radius 3 is 2.59 bits per heavy atom. The molecule has 1 aromatic rings.